The molecule has 4 unspecified atom stereocenters. The number of aliphatic hydroxyl groups is 39. The maximum Gasteiger partial charge on any atom is 0.0632 e. The van der Waals surface area contributed by atoms with Crippen LogP contribution in [0.25, 0.3) is 0 Å². The predicted molar refractivity (Wildman–Crippen MR) is 452 cm³/mol. The van der Waals surface area contributed by atoms with Gasteiger partial charge in [-0.3, -0.25) is 0 Å². The van der Waals surface area contributed by atoms with Crippen molar-refractivity contribution in [2.45, 2.75) is 118 Å². The summed E-state index contributed by atoms with van der Waals surface area (Å²) in [4.78, 5) is 0. The topological polar surface area (TPSA) is 817 Å². The summed E-state index contributed by atoms with van der Waals surface area (Å²) in [5, 5.41) is 349. The number of ether oxygens (including phenoxy) is 3. The number of hydrogen-bond donors (Lipinski definition) is 39. The Bertz CT molecular complexity index is 1890. The molecule has 0 bridgehead atoms. The monoisotopic (exact) mass is 1830 g/mol. The molecular formula is C81H180O42. The van der Waals surface area contributed by atoms with Crippen LogP contribution in [0, 0.1) is 102 Å². The molecule has 0 saturated heterocycles. The quantitative estimate of drug-likeness (QED) is 0.0269. The molecule has 123 heavy (non-hydrogen) atoms. The van der Waals surface area contributed by atoms with Crippen LogP contribution in [0.2, 0.25) is 0 Å². The molecular weight excluding hydrogens is 1640 g/mol. The molecule has 0 rings (SSSR count). The average Bonchev–Trinajstić information content (AvgIpc) is 0.807. The third-order valence-electron chi connectivity index (χ3n) is 22.6. The first kappa shape index (κ1) is 139. The van der Waals surface area contributed by atoms with Gasteiger partial charge in [0.1, 0.15) is 0 Å². The van der Waals surface area contributed by atoms with E-state index in [2.05, 4.69) is 6.92 Å². The second-order valence-corrected chi connectivity index (χ2v) is 32.8. The van der Waals surface area contributed by atoms with Gasteiger partial charge in [-0.1, -0.05) is 34.6 Å². The predicted octanol–water partition coefficient (Wildman–Crippen LogP) is -11.1. The highest BCUT2D eigenvalue weighted by molar-refractivity contribution is 4.91. The van der Waals surface area contributed by atoms with Gasteiger partial charge in [0.05, 0.1) is 186 Å². The minimum atomic E-state index is -1.24. The molecule has 0 aliphatic heterocycles. The molecule has 0 spiro atoms. The van der Waals surface area contributed by atoms with E-state index >= 15 is 0 Å². The third-order valence-corrected chi connectivity index (χ3v) is 22.6. The van der Waals surface area contributed by atoms with E-state index in [1.54, 1.807) is 13.8 Å². The van der Waals surface area contributed by atoms with E-state index in [4.69, 9.17) is 173 Å². The van der Waals surface area contributed by atoms with Crippen molar-refractivity contribution in [1.29, 1.82) is 0 Å². The summed E-state index contributed by atoms with van der Waals surface area (Å²) in [6.07, 6.45) is 7.65. The molecule has 0 aliphatic rings. The lowest BCUT2D eigenvalue weighted by molar-refractivity contribution is -0.127. The van der Waals surface area contributed by atoms with Gasteiger partial charge in [-0.25, -0.2) is 0 Å². The summed E-state index contributed by atoms with van der Waals surface area (Å²) in [5.41, 5.74) is -7.57. The minimum absolute atomic E-state index is 0.00519. The third kappa shape index (κ3) is 63.2. The zero-order valence-electron chi connectivity index (χ0n) is 74.5. The average molecular weight is 1830 g/mol. The van der Waals surface area contributed by atoms with Crippen LogP contribution in [0.1, 0.15) is 118 Å². The van der Waals surface area contributed by atoms with Crippen LogP contribution in [0.5, 0.6) is 0 Å². The van der Waals surface area contributed by atoms with Gasteiger partial charge in [0.2, 0.25) is 0 Å². The van der Waals surface area contributed by atoms with Gasteiger partial charge < -0.3 is 213 Å². The summed E-state index contributed by atoms with van der Waals surface area (Å²) in [6.45, 7) is 0.741. The van der Waals surface area contributed by atoms with E-state index in [1.165, 1.54) is 0 Å². The lowest BCUT2D eigenvalue weighted by atomic mass is 9.67. The van der Waals surface area contributed by atoms with Crippen molar-refractivity contribution >= 4 is 0 Å². The maximum absolute atomic E-state index is 9.56. The van der Waals surface area contributed by atoms with Crippen LogP contribution >= 0.6 is 0 Å². The number of aliphatic hydroxyl groups excluding tert-OH is 39. The maximum atomic E-state index is 9.56. The molecule has 0 amide bonds. The molecule has 0 aliphatic carbocycles. The smallest absolute Gasteiger partial charge is 0.0632 e. The second-order valence-electron chi connectivity index (χ2n) is 32.8. The van der Waals surface area contributed by atoms with Crippen molar-refractivity contribution in [2.24, 2.45) is 102 Å². The SMILES string of the molecule is CC(CO)(CO)C(C)(CO)CO.CCC(C)(C)CO.OCC(CO)(CO)COCC(CO)(CO)CO.OCC(CO)(CO)COCC(CO)(CO)COCC(CO)(CO)CO.OCCC(CCO)C(CCO)CCO.OCCC(CCO)C(CO)CO.OCCC(CO)C(CCO)CCO.OCCC(CO)C(CO)CCO.OCCC(CO)C(CO)CO. The van der Waals surface area contributed by atoms with E-state index in [0.717, 1.165) is 6.42 Å². The highest BCUT2D eigenvalue weighted by Crippen LogP contribution is 2.38. The van der Waals surface area contributed by atoms with Gasteiger partial charge in [0.15, 0.2) is 0 Å². The molecule has 4 atom stereocenters. The summed E-state index contributed by atoms with van der Waals surface area (Å²) in [5.74, 6) is -0.439. The fourth-order valence-electron chi connectivity index (χ4n) is 10.9. The molecule has 0 radical (unpaired) electrons. The van der Waals surface area contributed by atoms with Crippen LogP contribution in [0.3, 0.4) is 0 Å². The lowest BCUT2D eigenvalue weighted by Gasteiger charge is -2.41. The molecule has 0 heterocycles. The molecule has 756 valence electrons. The Morgan fingerprint density at radius 1 is 0.163 bits per heavy atom. The van der Waals surface area contributed by atoms with Crippen LogP contribution in [-0.2, 0) is 14.2 Å². The zero-order valence-corrected chi connectivity index (χ0v) is 74.5. The second kappa shape index (κ2) is 90.8. The van der Waals surface area contributed by atoms with Gasteiger partial charge in [-0.15, -0.1) is 0 Å². The van der Waals surface area contributed by atoms with Gasteiger partial charge in [-0.05, 0) is 136 Å². The van der Waals surface area contributed by atoms with Gasteiger partial charge >= 0.3 is 0 Å². The Morgan fingerprint density at radius 2 is 0.293 bits per heavy atom. The van der Waals surface area contributed by atoms with Crippen LogP contribution in [0.4, 0.5) is 0 Å². The van der Waals surface area contributed by atoms with Crippen molar-refractivity contribution < 1.29 is 213 Å². The number of rotatable bonds is 70. The first-order valence-electron chi connectivity index (χ1n) is 42.0. The summed E-state index contributed by atoms with van der Waals surface area (Å²) in [6, 6.07) is 0. The number of hydrogen-bond acceptors (Lipinski definition) is 42. The van der Waals surface area contributed by atoms with Crippen molar-refractivity contribution in [2.75, 3.05) is 297 Å². The lowest BCUT2D eigenvalue weighted by Crippen LogP contribution is -2.48. The van der Waals surface area contributed by atoms with Crippen molar-refractivity contribution in [1.82, 2.24) is 0 Å². The molecule has 42 nitrogen and oxygen atoms in total. The molecule has 0 aromatic carbocycles. The Kier molecular flexibility index (Phi) is 103. The van der Waals surface area contributed by atoms with Gasteiger partial charge in [0.25, 0.3) is 0 Å². The molecule has 0 aromatic heterocycles. The molecule has 0 saturated carbocycles. The van der Waals surface area contributed by atoms with E-state index in [-0.39, 0.29) is 263 Å². The Balaban J connectivity index is -0.000000173. The van der Waals surface area contributed by atoms with E-state index in [9.17, 15) is 40.9 Å². The highest BCUT2D eigenvalue weighted by atomic mass is 16.5. The van der Waals surface area contributed by atoms with E-state index in [0.29, 0.717) is 83.7 Å². The zero-order chi connectivity index (χ0) is 96.9. The Labute approximate surface area is 728 Å². The first-order valence-corrected chi connectivity index (χ1v) is 42.0. The van der Waals surface area contributed by atoms with Gasteiger partial charge in [-0.2, -0.15) is 0 Å². The molecule has 42 heteroatoms. The molecule has 0 fully saturated rings. The first-order chi connectivity index (χ1) is 58.6. The van der Waals surface area contributed by atoms with E-state index in [1.807, 2.05) is 13.8 Å². The summed E-state index contributed by atoms with van der Waals surface area (Å²) < 4.78 is 15.9. The molecule has 0 aromatic rings. The van der Waals surface area contributed by atoms with E-state index < -0.39 is 130 Å². The van der Waals surface area contributed by atoms with Gasteiger partial charge in [0, 0.05) is 161 Å². The van der Waals surface area contributed by atoms with Crippen LogP contribution < -0.4 is 0 Å². The highest BCUT2D eigenvalue weighted by Gasteiger charge is 2.43. The standard InChI is InChI=1S/C15H32O10.C10H22O7.C10H22O4.C9H20O4.3C8H18O4.C7H16O4.C6H14O/c16-1-13(2-17,3-18)9-24-11-15(7-22,8-23)12-25-10-14(4-19,5-20)6-21;11-1-9(2-12,3-13)7-17-8-10(4-14,5-15)6-16;11-5-1-9(2-6-12)10(3-7-13)4-8-14;10-4-1-8(2-5-11)9(7-13)3-6-12;1-7(3-9,4-10)8(2,5-11)6-12;9-3-1-7(5-11)8(6-12)2-4-10;9-3-1-7(2-4-10)8(5-11)6-12;8-2-1-6(3-9)7(4-10)5-11;1-4-6(2,3)5-7/h16-23H,1-12H2;11-16H,1-8H2;9-14H,1-8H2;8-13H,1-7H2;9-12H,3-6H2,1-2H3;2*7-12H,1-6H2;6-11H,1-5H2;7H,4-5H2,1-3H3. The van der Waals surface area contributed by atoms with Crippen molar-refractivity contribution in [3.05, 3.63) is 0 Å². The Morgan fingerprint density at radius 3 is 0.423 bits per heavy atom. The van der Waals surface area contributed by atoms with Crippen LogP contribution in [0.15, 0.2) is 0 Å². The fraction of sp³-hybridized carbons (Fsp3) is 1.00. The Hall–Kier alpha value is -1.68. The largest absolute Gasteiger partial charge is 0.396 e. The summed E-state index contributed by atoms with van der Waals surface area (Å²) >= 11 is 0. The van der Waals surface area contributed by atoms with Crippen molar-refractivity contribution in [3.8, 4) is 0 Å². The van der Waals surface area contributed by atoms with Crippen molar-refractivity contribution in [3.63, 3.8) is 0 Å². The minimum Gasteiger partial charge on any atom is -0.396 e. The van der Waals surface area contributed by atoms with Crippen LogP contribution in [-0.4, -0.2) is 496 Å². The summed E-state index contributed by atoms with van der Waals surface area (Å²) in [7, 11) is 0. The fourth-order valence-corrected chi connectivity index (χ4v) is 10.9. The normalized spacial score (nSPS) is 13.2. The molecule has 39 N–H and O–H groups in total.